The van der Waals surface area contributed by atoms with E-state index in [0.717, 1.165) is 5.52 Å². The Morgan fingerprint density at radius 2 is 2.35 bits per heavy atom. The number of hydrogen-bond acceptors (Lipinski definition) is 4. The molecule has 1 heterocycles. The van der Waals surface area contributed by atoms with Crippen LogP contribution in [-0.4, -0.2) is 34.0 Å². The van der Waals surface area contributed by atoms with E-state index in [1.54, 1.807) is 16.8 Å². The smallest absolute Gasteiger partial charge is 0.251 e. The van der Waals surface area contributed by atoms with Gasteiger partial charge in [0, 0.05) is 18.7 Å². The molecule has 1 aromatic carbocycles. The lowest BCUT2D eigenvalue weighted by atomic mass is 10.2. The van der Waals surface area contributed by atoms with Crippen molar-refractivity contribution in [1.29, 1.82) is 0 Å². The lowest BCUT2D eigenvalue weighted by molar-refractivity contribution is 0.0956. The molecular weight excluding hydrogens is 218 g/mol. The van der Waals surface area contributed by atoms with Crippen molar-refractivity contribution in [2.45, 2.75) is 13.5 Å². The molecule has 0 saturated carbocycles. The Bertz CT molecular complexity index is 534. The maximum atomic E-state index is 11.6. The standard InChI is InChI=1S/C11H15N5O/c1-2-13-11(17)8-3-4-10-9(7-8)14-15-16(10)6-5-12/h3-4,7H,2,5-6,12H2,1H3,(H,13,17). The maximum absolute atomic E-state index is 11.6. The quantitative estimate of drug-likeness (QED) is 0.786. The monoisotopic (exact) mass is 233 g/mol. The maximum Gasteiger partial charge on any atom is 0.251 e. The number of fused-ring (bicyclic) bond motifs is 1. The molecule has 2 aromatic rings. The first-order chi connectivity index (χ1) is 8.26. The number of rotatable bonds is 4. The molecule has 1 amide bonds. The van der Waals surface area contributed by atoms with Crippen molar-refractivity contribution < 1.29 is 4.79 Å². The third-order valence-corrected chi connectivity index (χ3v) is 2.45. The zero-order chi connectivity index (χ0) is 12.3. The Morgan fingerprint density at radius 1 is 1.53 bits per heavy atom. The first kappa shape index (κ1) is 11.5. The highest BCUT2D eigenvalue weighted by Crippen LogP contribution is 2.13. The minimum absolute atomic E-state index is 0.0947. The van der Waals surface area contributed by atoms with E-state index in [1.165, 1.54) is 0 Å². The number of nitrogens with one attached hydrogen (secondary N) is 1. The van der Waals surface area contributed by atoms with Crippen LogP contribution < -0.4 is 11.1 Å². The average Bonchev–Trinajstić information content (AvgIpc) is 2.73. The van der Waals surface area contributed by atoms with E-state index in [4.69, 9.17) is 5.73 Å². The van der Waals surface area contributed by atoms with E-state index < -0.39 is 0 Å². The molecule has 0 aliphatic heterocycles. The second kappa shape index (κ2) is 4.92. The normalized spacial score (nSPS) is 10.7. The van der Waals surface area contributed by atoms with Crippen LogP contribution in [0.3, 0.4) is 0 Å². The first-order valence-electron chi connectivity index (χ1n) is 5.57. The van der Waals surface area contributed by atoms with E-state index in [9.17, 15) is 4.79 Å². The molecule has 0 atom stereocenters. The predicted octanol–water partition coefficient (Wildman–Crippen LogP) is 0.140. The molecule has 2 rings (SSSR count). The summed E-state index contributed by atoms with van der Waals surface area (Å²) >= 11 is 0. The number of carbonyl (C=O) groups is 1. The zero-order valence-corrected chi connectivity index (χ0v) is 9.68. The Morgan fingerprint density at radius 3 is 3.06 bits per heavy atom. The molecule has 0 spiro atoms. The molecule has 0 radical (unpaired) electrons. The molecule has 0 bridgehead atoms. The van der Waals surface area contributed by atoms with Gasteiger partial charge in [-0.1, -0.05) is 5.21 Å². The van der Waals surface area contributed by atoms with Gasteiger partial charge in [-0.15, -0.1) is 5.10 Å². The first-order valence-corrected chi connectivity index (χ1v) is 5.57. The van der Waals surface area contributed by atoms with Crippen molar-refractivity contribution in [3.05, 3.63) is 23.8 Å². The van der Waals surface area contributed by atoms with Crippen LogP contribution in [0.1, 0.15) is 17.3 Å². The van der Waals surface area contributed by atoms with Gasteiger partial charge in [-0.2, -0.15) is 0 Å². The molecule has 90 valence electrons. The van der Waals surface area contributed by atoms with E-state index >= 15 is 0 Å². The molecule has 3 N–H and O–H groups in total. The van der Waals surface area contributed by atoms with Gasteiger partial charge in [-0.05, 0) is 25.1 Å². The number of benzene rings is 1. The van der Waals surface area contributed by atoms with E-state index in [1.807, 2.05) is 13.0 Å². The zero-order valence-electron chi connectivity index (χ0n) is 9.68. The van der Waals surface area contributed by atoms with Crippen LogP contribution in [0.2, 0.25) is 0 Å². The number of amides is 1. The van der Waals surface area contributed by atoms with Crippen molar-refractivity contribution in [1.82, 2.24) is 20.3 Å². The van der Waals surface area contributed by atoms with Gasteiger partial charge in [0.25, 0.3) is 5.91 Å². The van der Waals surface area contributed by atoms with Gasteiger partial charge in [0.2, 0.25) is 0 Å². The Hall–Kier alpha value is -1.95. The second-order valence-electron chi connectivity index (χ2n) is 3.66. The van der Waals surface area contributed by atoms with Crippen molar-refractivity contribution in [3.63, 3.8) is 0 Å². The van der Waals surface area contributed by atoms with E-state index in [0.29, 0.717) is 30.7 Å². The van der Waals surface area contributed by atoms with Gasteiger partial charge in [-0.3, -0.25) is 4.79 Å². The molecule has 6 nitrogen and oxygen atoms in total. The molecule has 0 fully saturated rings. The number of nitrogens with zero attached hydrogens (tertiary/aromatic N) is 3. The number of hydrogen-bond donors (Lipinski definition) is 2. The largest absolute Gasteiger partial charge is 0.352 e. The van der Waals surface area contributed by atoms with Crippen LogP contribution in [0.5, 0.6) is 0 Å². The minimum atomic E-state index is -0.0947. The van der Waals surface area contributed by atoms with E-state index in [2.05, 4.69) is 15.6 Å². The van der Waals surface area contributed by atoms with Crippen LogP contribution in [-0.2, 0) is 6.54 Å². The van der Waals surface area contributed by atoms with Crippen LogP contribution in [0, 0.1) is 0 Å². The molecule has 0 aliphatic carbocycles. The SMILES string of the molecule is CCNC(=O)c1ccc2c(c1)nnn2CCN. The third kappa shape index (κ3) is 2.26. The summed E-state index contributed by atoms with van der Waals surface area (Å²) in [6.07, 6.45) is 0. The van der Waals surface area contributed by atoms with Crippen LogP contribution in [0.4, 0.5) is 0 Å². The van der Waals surface area contributed by atoms with E-state index in [-0.39, 0.29) is 5.91 Å². The predicted molar refractivity (Wildman–Crippen MR) is 64.6 cm³/mol. The lowest BCUT2D eigenvalue weighted by Crippen LogP contribution is -2.22. The topological polar surface area (TPSA) is 85.8 Å². The molecule has 1 aromatic heterocycles. The fraction of sp³-hybridized carbons (Fsp3) is 0.364. The summed E-state index contributed by atoms with van der Waals surface area (Å²) < 4.78 is 1.73. The Kier molecular flexibility index (Phi) is 3.34. The van der Waals surface area contributed by atoms with Crippen molar-refractivity contribution in [3.8, 4) is 0 Å². The molecule has 0 aliphatic rings. The van der Waals surface area contributed by atoms with Gasteiger partial charge < -0.3 is 11.1 Å². The van der Waals surface area contributed by atoms with Crippen LogP contribution in [0.25, 0.3) is 11.0 Å². The van der Waals surface area contributed by atoms with Gasteiger partial charge >= 0.3 is 0 Å². The Balaban J connectivity index is 2.35. The van der Waals surface area contributed by atoms with Crippen LogP contribution >= 0.6 is 0 Å². The lowest BCUT2D eigenvalue weighted by Gasteiger charge is -2.02. The molecule has 17 heavy (non-hydrogen) atoms. The fourth-order valence-electron chi connectivity index (χ4n) is 1.66. The van der Waals surface area contributed by atoms with Crippen molar-refractivity contribution in [2.75, 3.05) is 13.1 Å². The summed E-state index contributed by atoms with van der Waals surface area (Å²) in [5.41, 5.74) is 7.67. The van der Waals surface area contributed by atoms with Gasteiger partial charge in [0.05, 0.1) is 12.1 Å². The fourth-order valence-corrected chi connectivity index (χ4v) is 1.66. The molecule has 0 unspecified atom stereocenters. The molecule has 6 heteroatoms. The molecule has 0 saturated heterocycles. The summed E-state index contributed by atoms with van der Waals surface area (Å²) in [4.78, 5) is 11.6. The molecular formula is C11H15N5O. The summed E-state index contributed by atoms with van der Waals surface area (Å²) in [5, 5.41) is 10.7. The summed E-state index contributed by atoms with van der Waals surface area (Å²) in [6.45, 7) is 3.62. The highest BCUT2D eigenvalue weighted by Gasteiger charge is 2.08. The Labute approximate surface area is 98.8 Å². The highest BCUT2D eigenvalue weighted by molar-refractivity contribution is 5.97. The summed E-state index contributed by atoms with van der Waals surface area (Å²) in [6, 6.07) is 5.35. The summed E-state index contributed by atoms with van der Waals surface area (Å²) in [5.74, 6) is -0.0947. The number of carbonyl (C=O) groups excluding carboxylic acids is 1. The van der Waals surface area contributed by atoms with Gasteiger partial charge in [-0.25, -0.2) is 4.68 Å². The number of nitrogens with two attached hydrogens (primary N) is 1. The second-order valence-corrected chi connectivity index (χ2v) is 3.66. The minimum Gasteiger partial charge on any atom is -0.352 e. The summed E-state index contributed by atoms with van der Waals surface area (Å²) in [7, 11) is 0. The third-order valence-electron chi connectivity index (χ3n) is 2.45. The average molecular weight is 233 g/mol. The van der Waals surface area contributed by atoms with Crippen molar-refractivity contribution in [2.24, 2.45) is 5.73 Å². The van der Waals surface area contributed by atoms with Gasteiger partial charge in [0.1, 0.15) is 5.52 Å². The van der Waals surface area contributed by atoms with Crippen LogP contribution in [0.15, 0.2) is 18.2 Å². The van der Waals surface area contributed by atoms with Crippen molar-refractivity contribution >= 4 is 16.9 Å². The highest BCUT2D eigenvalue weighted by atomic mass is 16.1. The number of aromatic nitrogens is 3. The van der Waals surface area contributed by atoms with Gasteiger partial charge in [0.15, 0.2) is 0 Å².